The number of anilines is 1. The van der Waals surface area contributed by atoms with E-state index in [1.165, 1.54) is 18.2 Å². The van der Waals surface area contributed by atoms with E-state index in [1.54, 1.807) is 0 Å². The van der Waals surface area contributed by atoms with Crippen LogP contribution in [0.1, 0.15) is 16.8 Å². The lowest BCUT2D eigenvalue weighted by atomic mass is 10.1. The SMILES string of the molecule is COC(=O)C[C@H](NC(=O)c1ccc(N)c(Cl)c1)C(=O)O. The molecule has 0 saturated heterocycles. The summed E-state index contributed by atoms with van der Waals surface area (Å²) in [5.74, 6) is -2.76. The smallest absolute Gasteiger partial charge is 0.326 e. The molecule has 8 heteroatoms. The van der Waals surface area contributed by atoms with Gasteiger partial charge in [0, 0.05) is 5.56 Å². The van der Waals surface area contributed by atoms with Crippen molar-refractivity contribution in [3.8, 4) is 0 Å². The average molecular weight is 301 g/mol. The monoisotopic (exact) mass is 300 g/mol. The van der Waals surface area contributed by atoms with Gasteiger partial charge in [-0.2, -0.15) is 0 Å². The number of nitrogens with one attached hydrogen (secondary N) is 1. The van der Waals surface area contributed by atoms with E-state index in [-0.39, 0.29) is 10.6 Å². The Morgan fingerprint density at radius 1 is 1.45 bits per heavy atom. The number of carbonyl (C=O) groups is 3. The van der Waals surface area contributed by atoms with Crippen molar-refractivity contribution in [2.24, 2.45) is 0 Å². The molecule has 0 heterocycles. The van der Waals surface area contributed by atoms with Gasteiger partial charge in [0.2, 0.25) is 0 Å². The van der Waals surface area contributed by atoms with E-state index in [2.05, 4.69) is 10.1 Å². The summed E-state index contributed by atoms with van der Waals surface area (Å²) in [6.45, 7) is 0. The molecule has 1 amide bonds. The van der Waals surface area contributed by atoms with E-state index in [0.29, 0.717) is 5.69 Å². The number of methoxy groups -OCH3 is 1. The van der Waals surface area contributed by atoms with E-state index < -0.39 is 30.3 Å². The highest BCUT2D eigenvalue weighted by Crippen LogP contribution is 2.19. The molecule has 0 fully saturated rings. The van der Waals surface area contributed by atoms with Gasteiger partial charge in [0.1, 0.15) is 6.04 Å². The molecule has 1 aromatic rings. The van der Waals surface area contributed by atoms with Crippen LogP contribution in [-0.2, 0) is 14.3 Å². The summed E-state index contributed by atoms with van der Waals surface area (Å²) in [4.78, 5) is 33.9. The summed E-state index contributed by atoms with van der Waals surface area (Å²) in [6.07, 6.45) is -0.472. The predicted molar refractivity (Wildman–Crippen MR) is 71.4 cm³/mol. The first kappa shape index (κ1) is 15.8. The van der Waals surface area contributed by atoms with E-state index in [1.807, 2.05) is 0 Å². The topological polar surface area (TPSA) is 119 Å². The number of carboxylic acids is 1. The van der Waals surface area contributed by atoms with Gasteiger partial charge in [0.05, 0.1) is 24.2 Å². The summed E-state index contributed by atoms with van der Waals surface area (Å²) in [7, 11) is 1.13. The summed E-state index contributed by atoms with van der Waals surface area (Å²) in [5.41, 5.74) is 5.94. The molecule has 108 valence electrons. The van der Waals surface area contributed by atoms with Crippen molar-refractivity contribution in [3.63, 3.8) is 0 Å². The van der Waals surface area contributed by atoms with Crippen molar-refractivity contribution < 1.29 is 24.2 Å². The fraction of sp³-hybridized carbons (Fsp3) is 0.250. The number of rotatable bonds is 5. The van der Waals surface area contributed by atoms with Gasteiger partial charge in [-0.1, -0.05) is 11.6 Å². The van der Waals surface area contributed by atoms with Crippen molar-refractivity contribution in [3.05, 3.63) is 28.8 Å². The van der Waals surface area contributed by atoms with Gasteiger partial charge in [0.15, 0.2) is 0 Å². The summed E-state index contributed by atoms with van der Waals surface area (Å²) in [6, 6.07) is 2.75. The van der Waals surface area contributed by atoms with Crippen LogP contribution in [0.2, 0.25) is 5.02 Å². The molecule has 20 heavy (non-hydrogen) atoms. The molecule has 1 aromatic carbocycles. The molecular formula is C12H13ClN2O5. The minimum atomic E-state index is -1.38. The van der Waals surface area contributed by atoms with Crippen molar-refractivity contribution in [1.82, 2.24) is 5.32 Å². The largest absolute Gasteiger partial charge is 0.480 e. The minimum Gasteiger partial charge on any atom is -0.480 e. The van der Waals surface area contributed by atoms with Gasteiger partial charge >= 0.3 is 11.9 Å². The summed E-state index contributed by atoms with van der Waals surface area (Å²) >= 11 is 5.77. The first-order valence-electron chi connectivity index (χ1n) is 5.50. The van der Waals surface area contributed by atoms with E-state index >= 15 is 0 Å². The van der Waals surface area contributed by atoms with Crippen molar-refractivity contribution in [2.45, 2.75) is 12.5 Å². The zero-order chi connectivity index (χ0) is 15.3. The fourth-order valence-electron chi connectivity index (χ4n) is 1.36. The number of carboxylic acid groups (broad SMARTS) is 1. The molecule has 7 nitrogen and oxygen atoms in total. The summed E-state index contributed by atoms with van der Waals surface area (Å²) in [5, 5.41) is 11.3. The standard InChI is InChI=1S/C12H13ClN2O5/c1-20-10(16)5-9(12(18)19)15-11(17)6-2-3-8(14)7(13)4-6/h2-4,9H,5,14H2,1H3,(H,15,17)(H,18,19)/t9-/m0/s1. The quantitative estimate of drug-likeness (QED) is 0.543. The molecule has 0 aliphatic heterocycles. The molecule has 0 radical (unpaired) electrons. The minimum absolute atomic E-state index is 0.139. The fourth-order valence-corrected chi connectivity index (χ4v) is 1.54. The molecule has 0 bridgehead atoms. The number of nitrogens with two attached hydrogens (primary N) is 1. The molecule has 0 aliphatic carbocycles. The maximum atomic E-state index is 11.9. The Bertz CT molecular complexity index is 547. The van der Waals surface area contributed by atoms with Crippen LogP contribution >= 0.6 is 11.6 Å². The third-order valence-corrected chi connectivity index (χ3v) is 2.79. The molecule has 4 N–H and O–H groups in total. The average Bonchev–Trinajstić information content (AvgIpc) is 2.40. The zero-order valence-corrected chi connectivity index (χ0v) is 11.3. The molecule has 0 unspecified atom stereocenters. The van der Waals surface area contributed by atoms with Gasteiger partial charge < -0.3 is 20.9 Å². The lowest BCUT2D eigenvalue weighted by Crippen LogP contribution is -2.42. The van der Waals surface area contributed by atoms with Crippen LogP contribution in [0.5, 0.6) is 0 Å². The Balaban J connectivity index is 2.82. The van der Waals surface area contributed by atoms with Crippen molar-refractivity contribution >= 4 is 35.1 Å². The second-order valence-electron chi connectivity index (χ2n) is 3.88. The molecule has 0 aliphatic rings. The number of halogens is 1. The van der Waals surface area contributed by atoms with Gasteiger partial charge in [-0.15, -0.1) is 0 Å². The number of hydrogen-bond donors (Lipinski definition) is 3. The molecule has 1 atom stereocenters. The maximum Gasteiger partial charge on any atom is 0.326 e. The number of esters is 1. The predicted octanol–water partition coefficient (Wildman–Crippen LogP) is 0.668. The van der Waals surface area contributed by atoms with Gasteiger partial charge in [-0.05, 0) is 18.2 Å². The number of benzene rings is 1. The van der Waals surface area contributed by atoms with E-state index in [4.69, 9.17) is 22.4 Å². The van der Waals surface area contributed by atoms with Crippen LogP contribution in [-0.4, -0.2) is 36.1 Å². The molecule has 0 saturated carbocycles. The second kappa shape index (κ2) is 6.76. The lowest BCUT2D eigenvalue weighted by Gasteiger charge is -2.13. The Morgan fingerprint density at radius 2 is 2.10 bits per heavy atom. The highest BCUT2D eigenvalue weighted by molar-refractivity contribution is 6.33. The third-order valence-electron chi connectivity index (χ3n) is 2.46. The number of hydrogen-bond acceptors (Lipinski definition) is 5. The van der Waals surface area contributed by atoms with Gasteiger partial charge in [-0.25, -0.2) is 4.79 Å². The maximum absolute atomic E-state index is 11.9. The zero-order valence-electron chi connectivity index (χ0n) is 10.6. The van der Waals surface area contributed by atoms with Crippen LogP contribution < -0.4 is 11.1 Å². The van der Waals surface area contributed by atoms with Gasteiger partial charge in [0.25, 0.3) is 5.91 Å². The number of ether oxygens (including phenoxy) is 1. The highest BCUT2D eigenvalue weighted by atomic mass is 35.5. The molecule has 0 aromatic heterocycles. The third kappa shape index (κ3) is 4.13. The summed E-state index contributed by atoms with van der Waals surface area (Å²) < 4.78 is 4.36. The number of amides is 1. The highest BCUT2D eigenvalue weighted by Gasteiger charge is 2.24. The van der Waals surface area contributed by atoms with Crippen LogP contribution in [0.15, 0.2) is 18.2 Å². The molecule has 0 spiro atoms. The number of aliphatic carboxylic acids is 1. The number of carbonyl (C=O) groups excluding carboxylic acids is 2. The van der Waals surface area contributed by atoms with Crippen molar-refractivity contribution in [2.75, 3.05) is 12.8 Å². The van der Waals surface area contributed by atoms with Crippen LogP contribution in [0, 0.1) is 0 Å². The first-order valence-corrected chi connectivity index (χ1v) is 5.88. The van der Waals surface area contributed by atoms with Crippen LogP contribution in [0.3, 0.4) is 0 Å². The Kier molecular flexibility index (Phi) is 5.33. The van der Waals surface area contributed by atoms with Gasteiger partial charge in [-0.3, -0.25) is 9.59 Å². The van der Waals surface area contributed by atoms with E-state index in [9.17, 15) is 14.4 Å². The van der Waals surface area contributed by atoms with E-state index in [0.717, 1.165) is 7.11 Å². The lowest BCUT2D eigenvalue weighted by molar-refractivity contribution is -0.147. The second-order valence-corrected chi connectivity index (χ2v) is 4.29. The number of nitrogen functional groups attached to an aromatic ring is 1. The molecule has 1 rings (SSSR count). The Morgan fingerprint density at radius 3 is 2.60 bits per heavy atom. The normalized spacial score (nSPS) is 11.5. The Hall–Kier alpha value is -2.28. The molecular weight excluding hydrogens is 288 g/mol. The Labute approximate surface area is 119 Å². The van der Waals surface area contributed by atoms with Crippen LogP contribution in [0.4, 0.5) is 5.69 Å². The van der Waals surface area contributed by atoms with Crippen molar-refractivity contribution in [1.29, 1.82) is 0 Å². The first-order chi connectivity index (χ1) is 9.35. The van der Waals surface area contributed by atoms with Crippen LogP contribution in [0.25, 0.3) is 0 Å².